The number of nitrogens with zero attached hydrogens (tertiary/aromatic N) is 4. The molecule has 0 saturated carbocycles. The molecule has 1 aliphatic rings. The van der Waals surface area contributed by atoms with Crippen molar-refractivity contribution in [3.05, 3.63) is 47.9 Å². The molecule has 2 aromatic heterocycles. The zero-order valence-electron chi connectivity index (χ0n) is 19.2. The number of fused-ring (bicyclic) bond motifs is 1. The number of rotatable bonds is 6. The van der Waals surface area contributed by atoms with E-state index in [1.54, 1.807) is 26.1 Å². The first-order valence-electron chi connectivity index (χ1n) is 10.9. The second-order valence-electron chi connectivity index (χ2n) is 8.72. The molecule has 4 rings (SSSR count). The van der Waals surface area contributed by atoms with Crippen molar-refractivity contribution in [1.82, 2.24) is 20.3 Å². The predicted molar refractivity (Wildman–Crippen MR) is 126 cm³/mol. The standard InChI is InChI=1S/C22H25F5N6OS/c1-13(16-5-4-6-18(9-16)35(23,24,25,26)27)29-22-19-10-21(28-11-20(19)30-14(2)31-22)33-8-7-17(12-33)32-15(3)34/h4-6,9-11,13,17H,7-8,12H2,1-3H3,(H,32,34)(H,29,30,31)/t13-,17-/m1/s1. The average Bonchev–Trinajstić information content (AvgIpc) is 3.19. The van der Waals surface area contributed by atoms with E-state index in [0.717, 1.165) is 12.5 Å². The van der Waals surface area contributed by atoms with Gasteiger partial charge in [0.25, 0.3) is 0 Å². The number of carbonyl (C=O) groups is 1. The third-order valence-electron chi connectivity index (χ3n) is 5.76. The fraction of sp³-hybridized carbons (Fsp3) is 0.364. The van der Waals surface area contributed by atoms with E-state index >= 15 is 0 Å². The number of hydrogen-bond acceptors (Lipinski definition) is 6. The van der Waals surface area contributed by atoms with Crippen molar-refractivity contribution < 1.29 is 24.2 Å². The number of hydrogen-bond donors (Lipinski definition) is 2. The minimum atomic E-state index is -9.80. The Hall–Kier alpha value is -3.22. The Morgan fingerprint density at radius 1 is 1.17 bits per heavy atom. The Morgan fingerprint density at radius 3 is 2.60 bits per heavy atom. The minimum absolute atomic E-state index is 0.00148. The molecule has 3 heterocycles. The van der Waals surface area contributed by atoms with Crippen molar-refractivity contribution in [2.45, 2.75) is 44.2 Å². The molecule has 1 aromatic carbocycles. The second-order valence-corrected chi connectivity index (χ2v) is 11.1. The van der Waals surface area contributed by atoms with Gasteiger partial charge in [-0.1, -0.05) is 31.6 Å². The number of pyridine rings is 1. The van der Waals surface area contributed by atoms with Crippen LogP contribution in [0, 0.1) is 6.92 Å². The number of anilines is 2. The summed E-state index contributed by atoms with van der Waals surface area (Å²) in [5, 5.41) is 6.51. The fourth-order valence-corrected chi connectivity index (χ4v) is 4.80. The van der Waals surface area contributed by atoms with Crippen molar-refractivity contribution in [2.75, 3.05) is 23.3 Å². The molecule has 2 N–H and O–H groups in total. The first kappa shape index (κ1) is 24.9. The summed E-state index contributed by atoms with van der Waals surface area (Å²) in [7, 11) is -9.80. The van der Waals surface area contributed by atoms with Gasteiger partial charge in [0.05, 0.1) is 17.8 Å². The Labute approximate surface area is 198 Å². The maximum absolute atomic E-state index is 13.3. The summed E-state index contributed by atoms with van der Waals surface area (Å²) in [6.07, 6.45) is 2.34. The second kappa shape index (κ2) is 7.90. The molecule has 1 amide bonds. The van der Waals surface area contributed by atoms with Gasteiger partial charge in [0, 0.05) is 31.4 Å². The molecule has 7 nitrogen and oxygen atoms in total. The summed E-state index contributed by atoms with van der Waals surface area (Å²) in [6.45, 7) is 5.94. The van der Waals surface area contributed by atoms with Crippen LogP contribution in [0.25, 0.3) is 10.9 Å². The van der Waals surface area contributed by atoms with Gasteiger partial charge in [-0.3, -0.25) is 4.79 Å². The highest BCUT2D eigenvalue weighted by molar-refractivity contribution is 8.45. The molecule has 0 spiro atoms. The van der Waals surface area contributed by atoms with Crippen LogP contribution in [0.3, 0.4) is 0 Å². The molecule has 3 aromatic rings. The van der Waals surface area contributed by atoms with E-state index in [2.05, 4.69) is 25.6 Å². The van der Waals surface area contributed by atoms with E-state index in [0.29, 0.717) is 53.6 Å². The van der Waals surface area contributed by atoms with Crippen molar-refractivity contribution in [3.63, 3.8) is 0 Å². The summed E-state index contributed by atoms with van der Waals surface area (Å²) in [5.74, 6) is 1.28. The van der Waals surface area contributed by atoms with Crippen molar-refractivity contribution >= 4 is 38.7 Å². The Balaban J connectivity index is 1.64. The summed E-state index contributed by atoms with van der Waals surface area (Å²) in [5.41, 5.74) is 0.557. The van der Waals surface area contributed by atoms with E-state index in [1.807, 2.05) is 4.90 Å². The van der Waals surface area contributed by atoms with Gasteiger partial charge in [0.2, 0.25) is 5.91 Å². The monoisotopic (exact) mass is 516 g/mol. The highest BCUT2D eigenvalue weighted by Gasteiger charge is 2.65. The molecular formula is C22H25F5N6OS. The summed E-state index contributed by atoms with van der Waals surface area (Å²) in [4.78, 5) is 24.7. The lowest BCUT2D eigenvalue weighted by Crippen LogP contribution is -2.35. The van der Waals surface area contributed by atoms with Crippen molar-refractivity contribution in [2.24, 2.45) is 0 Å². The first-order valence-corrected chi connectivity index (χ1v) is 12.8. The lowest BCUT2D eigenvalue weighted by molar-refractivity contribution is -0.119. The van der Waals surface area contributed by atoms with Crippen molar-refractivity contribution in [3.8, 4) is 0 Å². The molecule has 2 atom stereocenters. The largest absolute Gasteiger partial charge is 0.363 e. The number of carbonyl (C=O) groups excluding carboxylic acids is 1. The van der Waals surface area contributed by atoms with Crippen LogP contribution in [0.15, 0.2) is 41.4 Å². The van der Waals surface area contributed by atoms with E-state index < -0.39 is 21.2 Å². The zero-order chi connectivity index (χ0) is 25.7. The minimum Gasteiger partial charge on any atom is -0.363 e. The van der Waals surface area contributed by atoms with Crippen LogP contribution in [-0.2, 0) is 4.79 Å². The number of aryl methyl sites for hydroxylation is 1. The quantitative estimate of drug-likeness (QED) is 0.398. The molecule has 1 fully saturated rings. The third kappa shape index (κ3) is 5.72. The highest BCUT2D eigenvalue weighted by Crippen LogP contribution is 3.02. The van der Waals surface area contributed by atoms with Crippen LogP contribution in [-0.4, -0.2) is 40.0 Å². The van der Waals surface area contributed by atoms with Gasteiger partial charge in [-0.05, 0) is 44.0 Å². The Kier molecular flexibility index (Phi) is 5.62. The summed E-state index contributed by atoms with van der Waals surface area (Å²) < 4.78 is 66.5. The van der Waals surface area contributed by atoms with Gasteiger partial charge in [-0.25, -0.2) is 15.0 Å². The van der Waals surface area contributed by atoms with Gasteiger partial charge in [-0.2, -0.15) is 0 Å². The van der Waals surface area contributed by atoms with Crippen molar-refractivity contribution in [1.29, 1.82) is 0 Å². The van der Waals surface area contributed by atoms with Gasteiger partial charge in [0.1, 0.15) is 22.4 Å². The highest BCUT2D eigenvalue weighted by atomic mass is 32.5. The van der Waals surface area contributed by atoms with E-state index in [9.17, 15) is 24.2 Å². The molecule has 0 radical (unpaired) electrons. The first-order chi connectivity index (χ1) is 16.1. The molecule has 190 valence electrons. The smallest absolute Gasteiger partial charge is 0.310 e. The lowest BCUT2D eigenvalue weighted by Gasteiger charge is -2.40. The zero-order valence-corrected chi connectivity index (χ0v) is 20.1. The molecule has 1 saturated heterocycles. The van der Waals surface area contributed by atoms with Crippen LogP contribution < -0.4 is 15.5 Å². The maximum atomic E-state index is 13.3. The van der Waals surface area contributed by atoms with Gasteiger partial charge in [-0.15, -0.1) is 0 Å². The normalized spacial score (nSPS) is 19.2. The van der Waals surface area contributed by atoms with Crippen LogP contribution in [0.4, 0.5) is 31.1 Å². The number of halogens is 5. The molecule has 0 aliphatic carbocycles. The van der Waals surface area contributed by atoms with Gasteiger partial charge in [0.15, 0.2) is 0 Å². The van der Waals surface area contributed by atoms with Crippen LogP contribution in [0.5, 0.6) is 0 Å². The SMILES string of the molecule is CC(=O)N[C@@H]1CCN(c2cc3c(N[C@H](C)c4cccc(S(F)(F)(F)(F)F)c4)nc(C)nc3cn2)C1. The number of amides is 1. The Bertz CT molecular complexity index is 1300. The molecule has 0 unspecified atom stereocenters. The number of benzene rings is 1. The van der Waals surface area contributed by atoms with Gasteiger partial charge >= 0.3 is 10.2 Å². The topological polar surface area (TPSA) is 83.0 Å². The van der Waals surface area contributed by atoms with E-state index in [-0.39, 0.29) is 17.5 Å². The van der Waals surface area contributed by atoms with Gasteiger partial charge < -0.3 is 15.5 Å². The average molecular weight is 517 g/mol. The van der Waals surface area contributed by atoms with Crippen LogP contribution >= 0.6 is 10.2 Å². The molecule has 0 bridgehead atoms. The lowest BCUT2D eigenvalue weighted by atomic mass is 10.1. The summed E-state index contributed by atoms with van der Waals surface area (Å²) >= 11 is 0. The molecule has 1 aliphatic heterocycles. The molecule has 35 heavy (non-hydrogen) atoms. The molecule has 13 heteroatoms. The number of aromatic nitrogens is 3. The van der Waals surface area contributed by atoms with E-state index in [4.69, 9.17) is 0 Å². The maximum Gasteiger partial charge on any atom is 0.310 e. The Morgan fingerprint density at radius 2 is 1.91 bits per heavy atom. The number of nitrogens with one attached hydrogen (secondary N) is 2. The van der Waals surface area contributed by atoms with Crippen LogP contribution in [0.1, 0.15) is 37.7 Å². The predicted octanol–water partition coefficient (Wildman–Crippen LogP) is 5.88. The third-order valence-corrected chi connectivity index (χ3v) is 6.90. The molecular weight excluding hydrogens is 491 g/mol. The fourth-order valence-electron chi connectivity index (χ4n) is 4.11. The van der Waals surface area contributed by atoms with Crippen LogP contribution in [0.2, 0.25) is 0 Å². The summed E-state index contributed by atoms with van der Waals surface area (Å²) in [6, 6.07) is 4.16. The van der Waals surface area contributed by atoms with E-state index in [1.165, 1.54) is 13.0 Å².